The van der Waals surface area contributed by atoms with Crippen molar-refractivity contribution in [2.75, 3.05) is 0 Å². The summed E-state index contributed by atoms with van der Waals surface area (Å²) < 4.78 is 14.9. The molecule has 5 aromatic rings. The zero-order valence-corrected chi connectivity index (χ0v) is 14.4. The molecule has 3 heterocycles. The second kappa shape index (κ2) is 6.02. The van der Waals surface area contributed by atoms with E-state index >= 15 is 0 Å². The van der Waals surface area contributed by atoms with Crippen LogP contribution < -0.4 is 5.56 Å². The minimum Gasteiger partial charge on any atom is -0.284 e. The third-order valence-corrected chi connectivity index (χ3v) is 4.91. The lowest BCUT2D eigenvalue weighted by molar-refractivity contribution is 0.627. The van der Waals surface area contributed by atoms with Gasteiger partial charge in [-0.15, -0.1) is 0 Å². The van der Waals surface area contributed by atoms with Gasteiger partial charge in [-0.25, -0.2) is 4.39 Å². The molecule has 2 aromatic carbocycles. The van der Waals surface area contributed by atoms with Crippen LogP contribution in [0.1, 0.15) is 11.3 Å². The largest absolute Gasteiger partial charge is 0.284 e. The molecule has 0 spiro atoms. The number of aromatic nitrogens is 2. The van der Waals surface area contributed by atoms with Crippen LogP contribution in [0.3, 0.4) is 0 Å². The molecule has 5 rings (SSSR count). The molecule has 0 aliphatic carbocycles. The second-order valence-electron chi connectivity index (χ2n) is 6.61. The molecular weight excluding hydrogens is 339 g/mol. The Labute approximate surface area is 154 Å². The second-order valence-corrected chi connectivity index (χ2v) is 6.61. The highest BCUT2D eigenvalue weighted by Gasteiger charge is 2.14. The van der Waals surface area contributed by atoms with Crippen molar-refractivity contribution in [1.82, 2.24) is 9.38 Å². The topological polar surface area (TPSA) is 34.4 Å². The number of pyridine rings is 3. The lowest BCUT2D eigenvalue weighted by atomic mass is 10.0. The Balaban J connectivity index is 1.88. The van der Waals surface area contributed by atoms with Crippen LogP contribution in [0, 0.1) is 5.82 Å². The van der Waals surface area contributed by atoms with E-state index in [0.29, 0.717) is 17.5 Å². The molecule has 0 fully saturated rings. The number of benzene rings is 2. The summed E-state index contributed by atoms with van der Waals surface area (Å²) in [5, 5.41) is 2.47. The molecule has 0 unspecified atom stereocenters. The van der Waals surface area contributed by atoms with E-state index in [9.17, 15) is 9.18 Å². The van der Waals surface area contributed by atoms with Gasteiger partial charge in [0, 0.05) is 28.9 Å². The van der Waals surface area contributed by atoms with Gasteiger partial charge >= 0.3 is 0 Å². The summed E-state index contributed by atoms with van der Waals surface area (Å²) in [4.78, 5) is 18.0. The predicted molar refractivity (Wildman–Crippen MR) is 106 cm³/mol. The van der Waals surface area contributed by atoms with Crippen molar-refractivity contribution in [3.8, 4) is 0 Å². The van der Waals surface area contributed by atoms with E-state index in [-0.39, 0.29) is 11.4 Å². The monoisotopic (exact) mass is 354 g/mol. The number of hydrogen-bond acceptors (Lipinski definition) is 2. The van der Waals surface area contributed by atoms with Crippen molar-refractivity contribution < 1.29 is 4.39 Å². The van der Waals surface area contributed by atoms with Crippen molar-refractivity contribution in [2.24, 2.45) is 0 Å². The van der Waals surface area contributed by atoms with Crippen LogP contribution in [0.5, 0.6) is 0 Å². The first-order chi connectivity index (χ1) is 13.2. The SMILES string of the molecule is O=c1c2c(Cc3ccc(F)cc3)nc3ccccc3c2cc2ccccn12. The van der Waals surface area contributed by atoms with E-state index in [1.807, 2.05) is 48.5 Å². The van der Waals surface area contributed by atoms with Gasteiger partial charge in [-0.05, 0) is 42.0 Å². The normalized spacial score (nSPS) is 11.4. The number of hydrogen-bond donors (Lipinski definition) is 0. The standard InChI is InChI=1S/C23H15FN2O/c24-16-10-8-15(9-11-16)13-21-22-19(18-6-1-2-7-20(18)25-21)14-17-5-3-4-12-26(17)23(22)27/h1-12,14H,13H2. The van der Waals surface area contributed by atoms with Gasteiger partial charge in [0.05, 0.1) is 16.6 Å². The van der Waals surface area contributed by atoms with E-state index in [1.165, 1.54) is 12.1 Å². The highest BCUT2D eigenvalue weighted by molar-refractivity contribution is 6.07. The van der Waals surface area contributed by atoms with Gasteiger partial charge in [0.15, 0.2) is 0 Å². The van der Waals surface area contributed by atoms with Gasteiger partial charge in [0.2, 0.25) is 0 Å². The molecule has 0 aliphatic heterocycles. The third kappa shape index (κ3) is 2.57. The first kappa shape index (κ1) is 15.7. The molecule has 0 saturated carbocycles. The third-order valence-electron chi connectivity index (χ3n) is 4.91. The summed E-state index contributed by atoms with van der Waals surface area (Å²) in [5.41, 5.74) is 3.23. The van der Waals surface area contributed by atoms with E-state index in [4.69, 9.17) is 4.98 Å². The van der Waals surface area contributed by atoms with Crippen molar-refractivity contribution in [3.63, 3.8) is 0 Å². The first-order valence-corrected chi connectivity index (χ1v) is 8.77. The van der Waals surface area contributed by atoms with Gasteiger partial charge in [-0.3, -0.25) is 14.2 Å². The van der Waals surface area contributed by atoms with Crippen LogP contribution >= 0.6 is 0 Å². The molecule has 0 aliphatic rings. The van der Waals surface area contributed by atoms with Crippen LogP contribution in [0.4, 0.5) is 4.39 Å². The van der Waals surface area contributed by atoms with Crippen LogP contribution in [0.25, 0.3) is 27.2 Å². The fourth-order valence-corrected chi connectivity index (χ4v) is 3.63. The smallest absolute Gasteiger partial charge is 0.264 e. The maximum atomic E-state index is 13.3. The molecule has 27 heavy (non-hydrogen) atoms. The Hall–Kier alpha value is -3.53. The summed E-state index contributed by atoms with van der Waals surface area (Å²) in [5.74, 6) is -0.277. The number of halogens is 1. The fourth-order valence-electron chi connectivity index (χ4n) is 3.63. The highest BCUT2D eigenvalue weighted by atomic mass is 19.1. The average Bonchev–Trinajstić information content (AvgIpc) is 2.70. The molecule has 4 heteroatoms. The van der Waals surface area contributed by atoms with E-state index in [0.717, 1.165) is 27.4 Å². The van der Waals surface area contributed by atoms with Crippen molar-refractivity contribution in [1.29, 1.82) is 0 Å². The Kier molecular flexibility index (Phi) is 3.50. The fraction of sp³-hybridized carbons (Fsp3) is 0.0435. The Morgan fingerprint density at radius 1 is 0.889 bits per heavy atom. The zero-order valence-electron chi connectivity index (χ0n) is 14.4. The van der Waals surface area contributed by atoms with Crippen molar-refractivity contribution in [3.05, 3.63) is 106 Å². The lowest BCUT2D eigenvalue weighted by Gasteiger charge is -2.11. The Morgan fingerprint density at radius 2 is 1.67 bits per heavy atom. The molecule has 0 N–H and O–H groups in total. The van der Waals surface area contributed by atoms with Gasteiger partial charge in [-0.2, -0.15) is 0 Å². The quantitative estimate of drug-likeness (QED) is 0.339. The van der Waals surface area contributed by atoms with Gasteiger partial charge in [-0.1, -0.05) is 36.4 Å². The highest BCUT2D eigenvalue weighted by Crippen LogP contribution is 2.27. The van der Waals surface area contributed by atoms with Crippen LogP contribution in [0.15, 0.2) is 83.8 Å². The summed E-state index contributed by atoms with van der Waals surface area (Å²) >= 11 is 0. The van der Waals surface area contributed by atoms with Crippen LogP contribution in [0.2, 0.25) is 0 Å². The maximum absolute atomic E-state index is 13.3. The van der Waals surface area contributed by atoms with E-state index < -0.39 is 0 Å². The average molecular weight is 354 g/mol. The molecule has 0 saturated heterocycles. The molecule has 0 bridgehead atoms. The Bertz CT molecular complexity index is 1370. The van der Waals surface area contributed by atoms with Crippen LogP contribution in [-0.4, -0.2) is 9.38 Å². The molecule has 3 aromatic heterocycles. The van der Waals surface area contributed by atoms with Gasteiger partial charge < -0.3 is 0 Å². The molecule has 0 amide bonds. The molecule has 0 radical (unpaired) electrons. The summed E-state index contributed by atoms with van der Waals surface area (Å²) in [6.45, 7) is 0. The van der Waals surface area contributed by atoms with E-state index in [2.05, 4.69) is 0 Å². The summed E-state index contributed by atoms with van der Waals surface area (Å²) in [7, 11) is 0. The minimum absolute atomic E-state index is 0.0848. The summed E-state index contributed by atoms with van der Waals surface area (Å²) in [6.07, 6.45) is 2.24. The zero-order chi connectivity index (χ0) is 18.4. The van der Waals surface area contributed by atoms with Gasteiger partial charge in [0.1, 0.15) is 5.82 Å². The summed E-state index contributed by atoms with van der Waals surface area (Å²) in [6, 6.07) is 21.9. The van der Waals surface area contributed by atoms with Crippen molar-refractivity contribution in [2.45, 2.75) is 6.42 Å². The minimum atomic E-state index is -0.277. The molecular formula is C23H15FN2O. The molecule has 3 nitrogen and oxygen atoms in total. The predicted octanol–water partition coefficient (Wildman–Crippen LogP) is 4.73. The lowest BCUT2D eigenvalue weighted by Crippen LogP contribution is -2.16. The molecule has 0 atom stereocenters. The first-order valence-electron chi connectivity index (χ1n) is 8.77. The number of rotatable bonds is 2. The van der Waals surface area contributed by atoms with E-state index in [1.54, 1.807) is 22.7 Å². The number of nitrogens with zero attached hydrogens (tertiary/aromatic N) is 2. The Morgan fingerprint density at radius 3 is 2.52 bits per heavy atom. The number of fused-ring (bicyclic) bond motifs is 4. The number of para-hydroxylation sites is 1. The molecule has 130 valence electrons. The van der Waals surface area contributed by atoms with Crippen molar-refractivity contribution >= 4 is 27.2 Å². The van der Waals surface area contributed by atoms with Crippen LogP contribution in [-0.2, 0) is 6.42 Å². The maximum Gasteiger partial charge on any atom is 0.264 e. The van der Waals surface area contributed by atoms with Gasteiger partial charge in [0.25, 0.3) is 5.56 Å².